The quantitative estimate of drug-likeness (QED) is 0.839. The summed E-state index contributed by atoms with van der Waals surface area (Å²) in [5, 5.41) is 0. The van der Waals surface area contributed by atoms with E-state index >= 15 is 0 Å². The summed E-state index contributed by atoms with van der Waals surface area (Å²) in [6, 6.07) is 6.23. The summed E-state index contributed by atoms with van der Waals surface area (Å²) in [4.78, 5) is 7.75. The highest BCUT2D eigenvalue weighted by Gasteiger charge is 2.13. The van der Waals surface area contributed by atoms with Crippen LogP contribution in [0.4, 0.5) is 5.82 Å². The van der Waals surface area contributed by atoms with Crippen LogP contribution in [-0.2, 0) is 16.6 Å². The summed E-state index contributed by atoms with van der Waals surface area (Å²) < 4.78 is 26.4. The zero-order chi connectivity index (χ0) is 13.0. The minimum absolute atomic E-state index is 0.0962. The molecule has 0 unspecified atom stereocenters. The first-order chi connectivity index (χ1) is 8.58. The molecule has 7 heteroatoms. The van der Waals surface area contributed by atoms with Crippen molar-refractivity contribution in [2.24, 2.45) is 0 Å². The molecule has 0 fully saturated rings. The molecule has 6 nitrogen and oxygen atoms in total. The Kier molecular flexibility index (Phi) is 3.54. The Morgan fingerprint density at radius 3 is 2.78 bits per heavy atom. The van der Waals surface area contributed by atoms with Gasteiger partial charge in [-0.1, -0.05) is 6.07 Å². The summed E-state index contributed by atoms with van der Waals surface area (Å²) in [5.74, 6) is 0.166. The lowest BCUT2D eigenvalue weighted by atomic mass is 10.3. The average Bonchev–Trinajstić information content (AvgIpc) is 2.38. The molecule has 0 spiro atoms. The van der Waals surface area contributed by atoms with Crippen molar-refractivity contribution in [2.45, 2.75) is 11.4 Å². The second kappa shape index (κ2) is 5.11. The Hall–Kier alpha value is -1.99. The van der Waals surface area contributed by atoms with Crippen LogP contribution in [0.2, 0.25) is 0 Å². The van der Waals surface area contributed by atoms with Gasteiger partial charge in [-0.15, -0.1) is 0 Å². The normalized spacial score (nSPS) is 11.3. The van der Waals surface area contributed by atoms with E-state index in [4.69, 9.17) is 5.73 Å². The Bertz CT molecular complexity index is 629. The fourth-order valence-electron chi connectivity index (χ4n) is 1.36. The maximum atomic E-state index is 11.9. The summed E-state index contributed by atoms with van der Waals surface area (Å²) >= 11 is 0. The van der Waals surface area contributed by atoms with Crippen molar-refractivity contribution < 1.29 is 8.42 Å². The van der Waals surface area contributed by atoms with Gasteiger partial charge in [0, 0.05) is 31.2 Å². The van der Waals surface area contributed by atoms with E-state index in [1.165, 1.54) is 18.3 Å². The highest BCUT2D eigenvalue weighted by Crippen LogP contribution is 2.10. The molecule has 3 N–H and O–H groups in total. The number of nitrogens with one attached hydrogen (secondary N) is 1. The Morgan fingerprint density at radius 1 is 1.28 bits per heavy atom. The first-order valence-corrected chi connectivity index (χ1v) is 6.66. The Balaban J connectivity index is 2.13. The summed E-state index contributed by atoms with van der Waals surface area (Å²) in [6.07, 6.45) is 4.58. The van der Waals surface area contributed by atoms with Crippen molar-refractivity contribution in [1.29, 1.82) is 0 Å². The fourth-order valence-corrected chi connectivity index (χ4v) is 2.40. The van der Waals surface area contributed by atoms with E-state index in [1.807, 2.05) is 0 Å². The summed E-state index contributed by atoms with van der Waals surface area (Å²) in [7, 11) is -3.58. The monoisotopic (exact) mass is 264 g/mol. The Labute approximate surface area is 105 Å². The van der Waals surface area contributed by atoms with Crippen LogP contribution in [0, 0.1) is 0 Å². The van der Waals surface area contributed by atoms with Gasteiger partial charge < -0.3 is 5.73 Å². The van der Waals surface area contributed by atoms with Gasteiger partial charge in [0.25, 0.3) is 0 Å². The van der Waals surface area contributed by atoms with Crippen molar-refractivity contribution >= 4 is 15.8 Å². The molecule has 0 aromatic carbocycles. The molecule has 0 aliphatic heterocycles. The molecule has 0 radical (unpaired) electrons. The van der Waals surface area contributed by atoms with Gasteiger partial charge in [0.15, 0.2) is 0 Å². The number of rotatable bonds is 4. The van der Waals surface area contributed by atoms with Crippen molar-refractivity contribution in [2.75, 3.05) is 5.73 Å². The van der Waals surface area contributed by atoms with Gasteiger partial charge in [0.05, 0.1) is 4.90 Å². The smallest absolute Gasteiger partial charge is 0.241 e. The molecule has 2 rings (SSSR count). The topological polar surface area (TPSA) is 98.0 Å². The molecule has 94 valence electrons. The lowest BCUT2D eigenvalue weighted by molar-refractivity contribution is 0.581. The lowest BCUT2D eigenvalue weighted by Crippen LogP contribution is -2.23. The molecule has 0 atom stereocenters. The maximum Gasteiger partial charge on any atom is 0.241 e. The van der Waals surface area contributed by atoms with Gasteiger partial charge in [-0.2, -0.15) is 0 Å². The number of nitrogen functional groups attached to an aromatic ring is 1. The number of nitrogens with two attached hydrogens (primary N) is 1. The molecular weight excluding hydrogens is 252 g/mol. The second-order valence-corrected chi connectivity index (χ2v) is 5.37. The van der Waals surface area contributed by atoms with Gasteiger partial charge in [0.1, 0.15) is 5.82 Å². The van der Waals surface area contributed by atoms with Crippen molar-refractivity contribution in [3.8, 4) is 0 Å². The molecule has 0 saturated carbocycles. The molecule has 0 amide bonds. The predicted molar refractivity (Wildman–Crippen MR) is 66.9 cm³/mol. The standard InChI is InChI=1S/C11H12N4O2S/c12-11-6-10(3-5-14-11)18(16,17)15-8-9-2-1-4-13-7-9/h1-7,15H,8H2,(H2,12,14). The predicted octanol–water partition coefficient (Wildman–Crippen LogP) is 0.537. The Morgan fingerprint density at radius 2 is 2.11 bits per heavy atom. The van der Waals surface area contributed by atoms with Gasteiger partial charge in [-0.3, -0.25) is 4.98 Å². The number of aromatic nitrogens is 2. The number of hydrogen-bond donors (Lipinski definition) is 2. The third kappa shape index (κ3) is 3.02. The maximum absolute atomic E-state index is 11.9. The minimum Gasteiger partial charge on any atom is -0.384 e. The highest BCUT2D eigenvalue weighted by atomic mass is 32.2. The largest absolute Gasteiger partial charge is 0.384 e. The van der Waals surface area contributed by atoms with E-state index in [9.17, 15) is 8.42 Å². The summed E-state index contributed by atoms with van der Waals surface area (Å²) in [6.45, 7) is 0.179. The van der Waals surface area contributed by atoms with Crippen molar-refractivity contribution in [3.63, 3.8) is 0 Å². The van der Waals surface area contributed by atoms with E-state index in [0.29, 0.717) is 0 Å². The van der Waals surface area contributed by atoms with Crippen LogP contribution in [-0.4, -0.2) is 18.4 Å². The van der Waals surface area contributed by atoms with E-state index in [2.05, 4.69) is 14.7 Å². The van der Waals surface area contributed by atoms with Crippen molar-refractivity contribution in [1.82, 2.24) is 14.7 Å². The van der Waals surface area contributed by atoms with E-state index in [-0.39, 0.29) is 17.3 Å². The molecule has 2 aromatic heterocycles. The number of hydrogen-bond acceptors (Lipinski definition) is 5. The molecule has 2 aromatic rings. The van der Waals surface area contributed by atoms with Gasteiger partial charge >= 0.3 is 0 Å². The van der Waals surface area contributed by atoms with Crippen LogP contribution in [0.25, 0.3) is 0 Å². The molecule has 0 bridgehead atoms. The fraction of sp³-hybridized carbons (Fsp3) is 0.0909. The number of pyridine rings is 2. The highest BCUT2D eigenvalue weighted by molar-refractivity contribution is 7.89. The van der Waals surface area contributed by atoms with Crippen LogP contribution in [0.1, 0.15) is 5.56 Å². The second-order valence-electron chi connectivity index (χ2n) is 3.60. The number of anilines is 1. The van der Waals surface area contributed by atoms with Gasteiger partial charge in [0.2, 0.25) is 10.0 Å². The minimum atomic E-state index is -3.58. The van der Waals surface area contributed by atoms with Crippen LogP contribution in [0.15, 0.2) is 47.8 Å². The lowest BCUT2D eigenvalue weighted by Gasteiger charge is -2.06. The average molecular weight is 264 g/mol. The molecule has 0 saturated heterocycles. The van der Waals surface area contributed by atoms with Gasteiger partial charge in [-0.05, 0) is 17.7 Å². The van der Waals surface area contributed by atoms with Crippen LogP contribution in [0.5, 0.6) is 0 Å². The van der Waals surface area contributed by atoms with Crippen molar-refractivity contribution in [3.05, 3.63) is 48.4 Å². The molecule has 0 aliphatic rings. The van der Waals surface area contributed by atoms with Gasteiger partial charge in [-0.25, -0.2) is 18.1 Å². The third-order valence-corrected chi connectivity index (χ3v) is 3.65. The first-order valence-electron chi connectivity index (χ1n) is 5.18. The molecule has 2 heterocycles. The zero-order valence-electron chi connectivity index (χ0n) is 9.45. The first kappa shape index (κ1) is 12.5. The summed E-state index contributed by atoms with van der Waals surface area (Å²) in [5.41, 5.74) is 6.23. The van der Waals surface area contributed by atoms with Crippen LogP contribution >= 0.6 is 0 Å². The van der Waals surface area contributed by atoms with E-state index in [1.54, 1.807) is 24.5 Å². The third-order valence-electron chi connectivity index (χ3n) is 2.25. The number of nitrogens with zero attached hydrogens (tertiary/aromatic N) is 2. The SMILES string of the molecule is Nc1cc(S(=O)(=O)NCc2cccnc2)ccn1. The van der Waals surface area contributed by atoms with Crippen LogP contribution in [0.3, 0.4) is 0 Å². The van der Waals surface area contributed by atoms with E-state index in [0.717, 1.165) is 5.56 Å². The molecule has 0 aliphatic carbocycles. The van der Waals surface area contributed by atoms with Crippen LogP contribution < -0.4 is 10.5 Å². The number of sulfonamides is 1. The molecule has 18 heavy (non-hydrogen) atoms. The molecular formula is C11H12N4O2S. The zero-order valence-corrected chi connectivity index (χ0v) is 10.3. The van der Waals surface area contributed by atoms with E-state index < -0.39 is 10.0 Å².